The van der Waals surface area contributed by atoms with Crippen molar-refractivity contribution < 1.29 is 4.74 Å². The van der Waals surface area contributed by atoms with Crippen molar-refractivity contribution in [3.63, 3.8) is 0 Å². The van der Waals surface area contributed by atoms with Crippen LogP contribution in [-0.2, 0) is 0 Å². The Morgan fingerprint density at radius 2 is 1.71 bits per heavy atom. The highest BCUT2D eigenvalue weighted by molar-refractivity contribution is 6.58. The smallest absolute Gasteiger partial charge is 0.120 e. The van der Waals surface area contributed by atoms with Crippen molar-refractivity contribution in [2.24, 2.45) is 0 Å². The molecule has 4 heteroatoms. The highest BCUT2D eigenvalue weighted by atomic mass is 16.5. The molecule has 0 saturated heterocycles. The average molecular weight is 180 g/mol. The van der Waals surface area contributed by atoms with Crippen LogP contribution in [0.4, 0.5) is 0 Å². The Hall–Kier alpha value is -0.785. The van der Waals surface area contributed by atoms with E-state index >= 15 is 0 Å². The third kappa shape index (κ3) is 3.17. The van der Waals surface area contributed by atoms with Gasteiger partial charge in [-0.05, 0) is 22.8 Å². The van der Waals surface area contributed by atoms with Crippen molar-refractivity contribution in [1.82, 2.24) is 0 Å². The minimum Gasteiger partial charge on any atom is -0.516 e. The molecular weight excluding hydrogens is 169 g/mol. The molecule has 66 valence electrons. The summed E-state index contributed by atoms with van der Waals surface area (Å²) in [5, 5.41) is -1.62. The van der Waals surface area contributed by atoms with E-state index in [1.54, 1.807) is 6.07 Å². The van der Waals surface area contributed by atoms with Gasteiger partial charge in [0.2, 0.25) is 0 Å². The third-order valence-electron chi connectivity index (χ3n) is 1.83. The number of ether oxygens (including phenoxy) is 1. The summed E-state index contributed by atoms with van der Waals surface area (Å²) in [6.07, 6.45) is 0. The summed E-state index contributed by atoms with van der Waals surface area (Å²) in [7, 11) is 16.1. The lowest BCUT2D eigenvalue weighted by Gasteiger charge is -2.25. The Morgan fingerprint density at radius 3 is 2.21 bits per heavy atom. The largest absolute Gasteiger partial charge is 0.516 e. The molecule has 1 aromatic rings. The van der Waals surface area contributed by atoms with Gasteiger partial charge < -0.3 is 4.74 Å². The van der Waals surface area contributed by atoms with Gasteiger partial charge in [-0.25, -0.2) is 0 Å². The highest BCUT2D eigenvalue weighted by Crippen LogP contribution is 2.27. The van der Waals surface area contributed by atoms with Crippen LogP contribution in [0, 0.1) is 0 Å². The van der Waals surface area contributed by atoms with Gasteiger partial charge in [0, 0.05) is 0 Å². The second kappa shape index (κ2) is 4.16. The van der Waals surface area contributed by atoms with Crippen LogP contribution >= 0.6 is 0 Å². The fourth-order valence-corrected chi connectivity index (χ4v) is 1.24. The molecular formula is C10H11B3O. The normalized spacial score (nSPS) is 11.6. The summed E-state index contributed by atoms with van der Waals surface area (Å²) in [4.78, 5) is 0. The SMILES string of the molecule is [B]C([B])([B])Oc1ccccc1C(C)C. The van der Waals surface area contributed by atoms with Gasteiger partial charge >= 0.3 is 0 Å². The first-order valence-corrected chi connectivity index (χ1v) is 4.54. The summed E-state index contributed by atoms with van der Waals surface area (Å²) < 4.78 is 5.23. The van der Waals surface area contributed by atoms with E-state index in [-0.39, 0.29) is 0 Å². The van der Waals surface area contributed by atoms with Crippen molar-refractivity contribution >= 4 is 23.5 Å². The zero-order valence-corrected chi connectivity index (χ0v) is 8.53. The fraction of sp³-hybridized carbons (Fsp3) is 0.400. The summed E-state index contributed by atoms with van der Waals surface area (Å²) in [6.45, 7) is 4.13. The molecule has 1 nitrogen and oxygen atoms in total. The first-order chi connectivity index (χ1) is 6.40. The van der Waals surface area contributed by atoms with E-state index in [2.05, 4.69) is 13.8 Å². The van der Waals surface area contributed by atoms with Crippen molar-refractivity contribution in [1.29, 1.82) is 0 Å². The minimum absolute atomic E-state index is 0.341. The molecule has 0 aliphatic rings. The van der Waals surface area contributed by atoms with Crippen LogP contribution in [0.5, 0.6) is 5.75 Å². The first kappa shape index (κ1) is 11.3. The van der Waals surface area contributed by atoms with Crippen LogP contribution in [0.15, 0.2) is 24.3 Å². The van der Waals surface area contributed by atoms with E-state index in [4.69, 9.17) is 28.3 Å². The predicted molar refractivity (Wildman–Crippen MR) is 61.2 cm³/mol. The van der Waals surface area contributed by atoms with Crippen LogP contribution in [0.3, 0.4) is 0 Å². The van der Waals surface area contributed by atoms with Gasteiger partial charge in [0.1, 0.15) is 29.3 Å². The number of benzene rings is 1. The van der Waals surface area contributed by atoms with Crippen LogP contribution in [-0.4, -0.2) is 28.8 Å². The molecule has 0 fully saturated rings. The summed E-state index contributed by atoms with van der Waals surface area (Å²) >= 11 is 0. The fourth-order valence-electron chi connectivity index (χ4n) is 1.24. The Labute approximate surface area is 89.5 Å². The Balaban J connectivity index is 2.96. The first-order valence-electron chi connectivity index (χ1n) is 4.54. The van der Waals surface area contributed by atoms with Gasteiger partial charge in [0.25, 0.3) is 0 Å². The summed E-state index contributed by atoms with van der Waals surface area (Å²) in [6, 6.07) is 7.56. The summed E-state index contributed by atoms with van der Waals surface area (Å²) in [5.74, 6) is 0.976. The maximum atomic E-state index is 5.37. The Bertz CT molecular complexity index is 304. The van der Waals surface area contributed by atoms with Gasteiger partial charge in [-0.3, -0.25) is 0 Å². The number of hydrogen-bond acceptors (Lipinski definition) is 1. The van der Waals surface area contributed by atoms with E-state index in [9.17, 15) is 0 Å². The zero-order valence-electron chi connectivity index (χ0n) is 8.53. The lowest BCUT2D eigenvalue weighted by atomic mass is 9.52. The van der Waals surface area contributed by atoms with Crippen molar-refractivity contribution in [3.8, 4) is 5.75 Å². The van der Waals surface area contributed by atoms with E-state index in [1.165, 1.54) is 0 Å². The van der Waals surface area contributed by atoms with Crippen LogP contribution < -0.4 is 4.74 Å². The Morgan fingerprint density at radius 1 is 1.14 bits per heavy atom. The minimum atomic E-state index is -1.62. The van der Waals surface area contributed by atoms with Gasteiger partial charge in [0.05, 0.1) is 0 Å². The van der Waals surface area contributed by atoms with Crippen LogP contribution in [0.2, 0.25) is 0 Å². The maximum Gasteiger partial charge on any atom is 0.120 e. The monoisotopic (exact) mass is 180 g/mol. The molecule has 0 saturated carbocycles. The second-order valence-corrected chi connectivity index (χ2v) is 3.65. The van der Waals surface area contributed by atoms with Crippen molar-refractivity contribution in [3.05, 3.63) is 29.8 Å². The molecule has 0 spiro atoms. The molecule has 0 unspecified atom stereocenters. The summed E-state index contributed by atoms with van der Waals surface area (Å²) in [5.41, 5.74) is 1.04. The molecule has 1 aromatic carbocycles. The third-order valence-corrected chi connectivity index (χ3v) is 1.83. The molecule has 0 aromatic heterocycles. The van der Waals surface area contributed by atoms with E-state index < -0.39 is 5.30 Å². The number of hydrogen-bond donors (Lipinski definition) is 0. The van der Waals surface area contributed by atoms with E-state index in [0.717, 1.165) is 5.56 Å². The average Bonchev–Trinajstić information content (AvgIpc) is 2.01. The Kier molecular flexibility index (Phi) is 3.36. The predicted octanol–water partition coefficient (Wildman–Crippen LogP) is 1.31. The maximum absolute atomic E-state index is 5.37. The molecule has 6 radical (unpaired) electrons. The molecule has 0 heterocycles. The highest BCUT2D eigenvalue weighted by Gasteiger charge is 2.14. The molecule has 0 aliphatic heterocycles. The van der Waals surface area contributed by atoms with Gasteiger partial charge in [-0.1, -0.05) is 32.0 Å². The molecule has 0 N–H and O–H groups in total. The molecule has 0 bridgehead atoms. The standard InChI is InChI=1S/C10H11B3O/c1-7(2)8-5-3-4-6-9(8)14-10(11,12)13/h3-7H,1-2H3. The number of para-hydroxylation sites is 1. The quantitative estimate of drug-likeness (QED) is 0.636. The molecule has 0 atom stereocenters. The van der Waals surface area contributed by atoms with Crippen LogP contribution in [0.1, 0.15) is 25.3 Å². The lowest BCUT2D eigenvalue weighted by molar-refractivity contribution is 0.314. The molecule has 14 heavy (non-hydrogen) atoms. The van der Waals surface area contributed by atoms with E-state index in [0.29, 0.717) is 11.7 Å². The number of rotatable bonds is 3. The van der Waals surface area contributed by atoms with Crippen molar-refractivity contribution in [2.45, 2.75) is 25.1 Å². The van der Waals surface area contributed by atoms with Gasteiger partial charge in [-0.15, -0.1) is 0 Å². The van der Waals surface area contributed by atoms with Crippen LogP contribution in [0.25, 0.3) is 0 Å². The van der Waals surface area contributed by atoms with Gasteiger partial charge in [-0.2, -0.15) is 0 Å². The molecule has 0 amide bonds. The van der Waals surface area contributed by atoms with Gasteiger partial charge in [0.15, 0.2) is 0 Å². The van der Waals surface area contributed by atoms with Crippen molar-refractivity contribution in [2.75, 3.05) is 0 Å². The molecule has 0 aliphatic carbocycles. The molecule has 1 rings (SSSR count). The lowest BCUT2D eigenvalue weighted by Crippen LogP contribution is -2.37. The zero-order chi connectivity index (χ0) is 10.8. The topological polar surface area (TPSA) is 9.23 Å². The van der Waals surface area contributed by atoms with E-state index in [1.807, 2.05) is 18.2 Å². The second-order valence-electron chi connectivity index (χ2n) is 3.65.